The predicted molar refractivity (Wildman–Crippen MR) is 67.2 cm³/mol. The van der Waals surface area contributed by atoms with Crippen LogP contribution in [0.3, 0.4) is 0 Å². The normalized spacial score (nSPS) is 18.9. The second kappa shape index (κ2) is 5.78. The van der Waals surface area contributed by atoms with Crippen LogP contribution in [0, 0.1) is 11.3 Å². The first-order chi connectivity index (χ1) is 7.06. The summed E-state index contributed by atoms with van der Waals surface area (Å²) in [5, 5.41) is 2.95. The topological polar surface area (TPSA) is 29.1 Å². The maximum absolute atomic E-state index is 11.2. The van der Waals surface area contributed by atoms with Gasteiger partial charge in [-0.2, -0.15) is 12.6 Å². The molecule has 0 aliphatic heterocycles. The second-order valence-electron chi connectivity index (χ2n) is 5.26. The van der Waals surface area contributed by atoms with Gasteiger partial charge in [-0.25, -0.2) is 0 Å². The summed E-state index contributed by atoms with van der Waals surface area (Å²) in [5.41, 5.74) is 0.235. The van der Waals surface area contributed by atoms with Crippen LogP contribution in [0.4, 0.5) is 0 Å². The number of carbonyl (C=O) groups excluding carboxylic acids is 1. The summed E-state index contributed by atoms with van der Waals surface area (Å²) in [6, 6.07) is 0. The Morgan fingerprint density at radius 2 is 1.93 bits per heavy atom. The van der Waals surface area contributed by atoms with Gasteiger partial charge in [0.15, 0.2) is 0 Å². The molecule has 2 nitrogen and oxygen atoms in total. The fraction of sp³-hybridized carbons (Fsp3) is 0.917. The molecular weight excluding hydrogens is 206 g/mol. The first-order valence-electron chi connectivity index (χ1n) is 5.94. The summed E-state index contributed by atoms with van der Waals surface area (Å²) in [4.78, 5) is 11.2. The fourth-order valence-corrected chi connectivity index (χ4v) is 2.52. The van der Waals surface area contributed by atoms with E-state index in [0.717, 1.165) is 12.5 Å². The van der Waals surface area contributed by atoms with Crippen molar-refractivity contribution in [1.82, 2.24) is 5.32 Å². The van der Waals surface area contributed by atoms with Crippen molar-refractivity contribution in [3.05, 3.63) is 0 Å². The van der Waals surface area contributed by atoms with Gasteiger partial charge in [-0.3, -0.25) is 4.79 Å². The zero-order valence-electron chi connectivity index (χ0n) is 9.88. The third-order valence-corrected chi connectivity index (χ3v) is 3.88. The predicted octanol–water partition coefficient (Wildman–Crippen LogP) is 2.64. The van der Waals surface area contributed by atoms with Crippen molar-refractivity contribution in [2.45, 2.75) is 46.0 Å². The number of hydrogen-bond acceptors (Lipinski definition) is 2. The monoisotopic (exact) mass is 229 g/mol. The maximum atomic E-state index is 11.2. The molecule has 0 aromatic rings. The Morgan fingerprint density at radius 1 is 1.33 bits per heavy atom. The number of rotatable bonds is 4. The molecule has 88 valence electrons. The van der Waals surface area contributed by atoms with Gasteiger partial charge in [-0.1, -0.05) is 33.1 Å². The third-order valence-electron chi connectivity index (χ3n) is 3.60. The Balaban J connectivity index is 2.38. The number of thiol groups is 1. The molecule has 1 amide bonds. The van der Waals surface area contributed by atoms with Gasteiger partial charge in [-0.15, -0.1) is 0 Å². The van der Waals surface area contributed by atoms with Crippen molar-refractivity contribution >= 4 is 18.5 Å². The Hall–Kier alpha value is -0.180. The van der Waals surface area contributed by atoms with Crippen LogP contribution in [-0.2, 0) is 4.79 Å². The largest absolute Gasteiger partial charge is 0.355 e. The average molecular weight is 229 g/mol. The molecule has 1 N–H and O–H groups in total. The molecule has 0 aromatic carbocycles. The van der Waals surface area contributed by atoms with E-state index in [1.807, 2.05) is 0 Å². The molecule has 1 aliphatic carbocycles. The van der Waals surface area contributed by atoms with Gasteiger partial charge in [0.25, 0.3) is 0 Å². The van der Waals surface area contributed by atoms with E-state index in [2.05, 4.69) is 31.8 Å². The summed E-state index contributed by atoms with van der Waals surface area (Å²) < 4.78 is 0. The van der Waals surface area contributed by atoms with Gasteiger partial charge in [0, 0.05) is 6.54 Å². The molecule has 0 spiro atoms. The highest BCUT2D eigenvalue weighted by atomic mass is 32.1. The van der Waals surface area contributed by atoms with E-state index in [1.54, 1.807) is 0 Å². The lowest BCUT2D eigenvalue weighted by molar-refractivity contribution is -0.119. The molecule has 1 fully saturated rings. The molecule has 0 heterocycles. The fourth-order valence-electron chi connectivity index (χ4n) is 2.41. The van der Waals surface area contributed by atoms with Crippen LogP contribution in [0.5, 0.6) is 0 Å². The van der Waals surface area contributed by atoms with Crippen molar-refractivity contribution in [3.8, 4) is 0 Å². The van der Waals surface area contributed by atoms with Crippen molar-refractivity contribution in [2.24, 2.45) is 11.3 Å². The summed E-state index contributed by atoms with van der Waals surface area (Å²) in [7, 11) is 0. The smallest absolute Gasteiger partial charge is 0.229 e. The Bertz CT molecular complexity index is 210. The van der Waals surface area contributed by atoms with E-state index in [9.17, 15) is 4.79 Å². The van der Waals surface area contributed by atoms with Crippen molar-refractivity contribution in [2.75, 3.05) is 12.3 Å². The number of amides is 1. The Morgan fingerprint density at radius 3 is 2.47 bits per heavy atom. The van der Waals surface area contributed by atoms with E-state index in [1.165, 1.54) is 32.1 Å². The molecule has 1 saturated carbocycles. The van der Waals surface area contributed by atoms with Crippen molar-refractivity contribution < 1.29 is 4.79 Å². The SMILES string of the molecule is CC(C)(CNC(=O)CS)C1CCCCC1. The lowest BCUT2D eigenvalue weighted by Gasteiger charge is -2.37. The zero-order valence-corrected chi connectivity index (χ0v) is 10.8. The lowest BCUT2D eigenvalue weighted by atomic mass is 9.71. The molecule has 0 bridgehead atoms. The number of nitrogens with one attached hydrogen (secondary N) is 1. The molecule has 15 heavy (non-hydrogen) atoms. The third kappa shape index (κ3) is 4.06. The van der Waals surface area contributed by atoms with Gasteiger partial charge < -0.3 is 5.32 Å². The van der Waals surface area contributed by atoms with Gasteiger partial charge >= 0.3 is 0 Å². The highest BCUT2D eigenvalue weighted by Gasteiger charge is 2.30. The molecule has 1 aliphatic rings. The van der Waals surface area contributed by atoms with Crippen LogP contribution in [0.1, 0.15) is 46.0 Å². The average Bonchev–Trinajstić information content (AvgIpc) is 2.27. The van der Waals surface area contributed by atoms with Crippen molar-refractivity contribution in [1.29, 1.82) is 0 Å². The van der Waals surface area contributed by atoms with Gasteiger partial charge in [-0.05, 0) is 24.2 Å². The molecule has 0 saturated heterocycles. The van der Waals surface area contributed by atoms with Crippen LogP contribution in [0.25, 0.3) is 0 Å². The Kier molecular flexibility index (Phi) is 4.97. The lowest BCUT2D eigenvalue weighted by Crippen LogP contribution is -2.39. The quantitative estimate of drug-likeness (QED) is 0.713. The van der Waals surface area contributed by atoms with Gasteiger partial charge in [0.05, 0.1) is 5.75 Å². The highest BCUT2D eigenvalue weighted by molar-refractivity contribution is 7.81. The van der Waals surface area contributed by atoms with Gasteiger partial charge in [0.2, 0.25) is 5.91 Å². The van der Waals surface area contributed by atoms with Crippen LogP contribution < -0.4 is 5.32 Å². The van der Waals surface area contributed by atoms with E-state index >= 15 is 0 Å². The van der Waals surface area contributed by atoms with Crippen LogP contribution in [0.2, 0.25) is 0 Å². The first-order valence-corrected chi connectivity index (χ1v) is 6.57. The Labute approximate surface area is 98.6 Å². The molecule has 1 rings (SSSR count). The minimum absolute atomic E-state index is 0.0437. The van der Waals surface area contributed by atoms with E-state index in [0.29, 0.717) is 5.75 Å². The summed E-state index contributed by atoms with van der Waals surface area (Å²) in [6.07, 6.45) is 6.74. The molecule has 0 atom stereocenters. The minimum Gasteiger partial charge on any atom is -0.355 e. The molecule has 0 radical (unpaired) electrons. The summed E-state index contributed by atoms with van der Waals surface area (Å²) in [6.45, 7) is 5.32. The summed E-state index contributed by atoms with van der Waals surface area (Å²) >= 11 is 3.96. The van der Waals surface area contributed by atoms with Crippen LogP contribution in [0.15, 0.2) is 0 Å². The van der Waals surface area contributed by atoms with Crippen molar-refractivity contribution in [3.63, 3.8) is 0 Å². The highest BCUT2D eigenvalue weighted by Crippen LogP contribution is 2.37. The standard InChI is InChI=1S/C12H23NOS/c1-12(2,9-13-11(14)8-15)10-6-4-3-5-7-10/h10,15H,3-9H2,1-2H3,(H,13,14). The minimum atomic E-state index is 0.0437. The zero-order chi connectivity index (χ0) is 11.3. The summed E-state index contributed by atoms with van der Waals surface area (Å²) in [5.74, 6) is 1.11. The van der Waals surface area contributed by atoms with Gasteiger partial charge in [0.1, 0.15) is 0 Å². The number of carbonyl (C=O) groups is 1. The van der Waals surface area contributed by atoms with Crippen LogP contribution >= 0.6 is 12.6 Å². The van der Waals surface area contributed by atoms with E-state index in [4.69, 9.17) is 0 Å². The molecule has 3 heteroatoms. The van der Waals surface area contributed by atoms with Crippen LogP contribution in [-0.4, -0.2) is 18.2 Å². The molecule has 0 unspecified atom stereocenters. The second-order valence-corrected chi connectivity index (χ2v) is 5.57. The molecule has 0 aromatic heterocycles. The number of hydrogen-bond donors (Lipinski definition) is 2. The maximum Gasteiger partial charge on any atom is 0.229 e. The van der Waals surface area contributed by atoms with E-state index < -0.39 is 0 Å². The first kappa shape index (κ1) is 12.9. The van der Waals surface area contributed by atoms with E-state index in [-0.39, 0.29) is 11.3 Å². The molecular formula is C12H23NOS.